The Bertz CT molecular complexity index is 959. The molecule has 1 heterocycles. The first-order valence-corrected chi connectivity index (χ1v) is 11.0. The van der Waals surface area contributed by atoms with Gasteiger partial charge >= 0.3 is 12.1 Å². The van der Waals surface area contributed by atoms with Gasteiger partial charge < -0.3 is 14.6 Å². The smallest absolute Gasteiger partial charge is 0.408 e. The third-order valence-electron chi connectivity index (χ3n) is 4.75. The van der Waals surface area contributed by atoms with Crippen molar-refractivity contribution in [2.75, 3.05) is 11.9 Å². The number of hydrazine groups is 1. The quantitative estimate of drug-likeness (QED) is 0.305. The molecular formula is C20H24N5O5P. The standard InChI is InChI=1S/C20H24N5O5P/c21-25-13-7-12-20(17(25)26,23-19(28)30-14-15-8-3-1-4-9-15)31(29)24-18(27)22-16-10-5-2-6-11-16/h1-6,8-11,31H,7,12-14,21H2,(H,23,28)(H2,22,24,27,29)/t20-/m0/s1. The normalized spacial score (nSPS) is 19.3. The Kier molecular flexibility index (Phi) is 7.28. The minimum atomic E-state index is -3.22. The van der Waals surface area contributed by atoms with Crippen LogP contribution in [0, 0.1) is 0 Å². The highest BCUT2D eigenvalue weighted by atomic mass is 31.1. The Balaban J connectivity index is 1.70. The van der Waals surface area contributed by atoms with E-state index in [1.807, 2.05) is 6.07 Å². The number of rotatable bonds is 6. The number of benzene rings is 2. The maximum absolute atomic E-state index is 13.1. The van der Waals surface area contributed by atoms with Crippen LogP contribution in [0.3, 0.4) is 0 Å². The van der Waals surface area contributed by atoms with Gasteiger partial charge in [-0.15, -0.1) is 0 Å². The van der Waals surface area contributed by atoms with Crippen LogP contribution in [-0.4, -0.2) is 34.9 Å². The van der Waals surface area contributed by atoms with Crippen LogP contribution in [0.15, 0.2) is 60.7 Å². The second-order valence-corrected chi connectivity index (χ2v) is 8.73. The van der Waals surface area contributed by atoms with Crippen LogP contribution in [0.5, 0.6) is 0 Å². The Morgan fingerprint density at radius 3 is 2.42 bits per heavy atom. The van der Waals surface area contributed by atoms with Crippen molar-refractivity contribution >= 4 is 31.7 Å². The maximum Gasteiger partial charge on any atom is 0.408 e. The van der Waals surface area contributed by atoms with E-state index in [1.165, 1.54) is 0 Å². The molecule has 1 saturated heterocycles. The molecule has 3 rings (SSSR count). The van der Waals surface area contributed by atoms with E-state index in [0.29, 0.717) is 12.1 Å². The monoisotopic (exact) mass is 445 g/mol. The molecule has 1 aliphatic heterocycles. The number of anilines is 1. The average Bonchev–Trinajstić information content (AvgIpc) is 2.77. The number of piperidine rings is 1. The van der Waals surface area contributed by atoms with Gasteiger partial charge in [-0.1, -0.05) is 48.5 Å². The topological polar surface area (TPSA) is 143 Å². The fourth-order valence-corrected chi connectivity index (χ4v) is 4.62. The fraction of sp³-hybridized carbons (Fsp3) is 0.250. The van der Waals surface area contributed by atoms with Gasteiger partial charge in [-0.25, -0.2) is 15.4 Å². The van der Waals surface area contributed by atoms with Crippen LogP contribution in [0.1, 0.15) is 18.4 Å². The number of ether oxygens (including phenoxy) is 1. The molecule has 4 amide bonds. The predicted octanol–water partition coefficient (Wildman–Crippen LogP) is 2.40. The van der Waals surface area contributed by atoms with Gasteiger partial charge in [0.25, 0.3) is 5.91 Å². The minimum absolute atomic E-state index is 0.0356. The number of alkyl carbamates (subject to hydrolysis) is 1. The molecule has 5 N–H and O–H groups in total. The van der Waals surface area contributed by atoms with Crippen LogP contribution < -0.4 is 21.6 Å². The summed E-state index contributed by atoms with van der Waals surface area (Å²) in [5.74, 6) is 4.98. The van der Waals surface area contributed by atoms with E-state index in [-0.39, 0.29) is 19.6 Å². The molecule has 2 aromatic carbocycles. The van der Waals surface area contributed by atoms with Crippen molar-refractivity contribution in [1.82, 2.24) is 15.4 Å². The number of amides is 4. The number of nitrogens with one attached hydrogen (secondary N) is 3. The lowest BCUT2D eigenvalue weighted by atomic mass is 10.1. The third kappa shape index (κ3) is 5.62. The lowest BCUT2D eigenvalue weighted by Gasteiger charge is -2.39. The highest BCUT2D eigenvalue weighted by Crippen LogP contribution is 2.41. The molecular weight excluding hydrogens is 421 g/mol. The second kappa shape index (κ2) is 10.1. The summed E-state index contributed by atoms with van der Waals surface area (Å²) >= 11 is 0. The molecule has 0 aromatic heterocycles. The zero-order valence-corrected chi connectivity index (χ0v) is 17.7. The van der Waals surface area contributed by atoms with E-state index in [0.717, 1.165) is 10.6 Å². The highest BCUT2D eigenvalue weighted by Gasteiger charge is 2.50. The molecule has 0 radical (unpaired) electrons. The summed E-state index contributed by atoms with van der Waals surface area (Å²) < 4.78 is 18.3. The largest absolute Gasteiger partial charge is 0.445 e. The number of carbonyl (C=O) groups excluding carboxylic acids is 3. The Labute approximate surface area is 179 Å². The molecule has 2 aromatic rings. The molecule has 164 valence electrons. The second-order valence-electron chi connectivity index (χ2n) is 6.97. The molecule has 11 heteroatoms. The minimum Gasteiger partial charge on any atom is -0.445 e. The van der Waals surface area contributed by atoms with E-state index >= 15 is 0 Å². The zero-order chi connectivity index (χ0) is 22.3. The van der Waals surface area contributed by atoms with Gasteiger partial charge in [-0.2, -0.15) is 0 Å². The van der Waals surface area contributed by atoms with Gasteiger partial charge in [0.2, 0.25) is 0 Å². The summed E-state index contributed by atoms with van der Waals surface area (Å²) in [5, 5.41) is 6.25. The molecule has 1 unspecified atom stereocenters. The van der Waals surface area contributed by atoms with E-state index in [4.69, 9.17) is 10.6 Å². The maximum atomic E-state index is 13.1. The van der Waals surface area contributed by atoms with Crippen molar-refractivity contribution < 1.29 is 23.7 Å². The average molecular weight is 445 g/mol. The summed E-state index contributed by atoms with van der Waals surface area (Å²) in [4.78, 5) is 37.5. The lowest BCUT2D eigenvalue weighted by Crippen LogP contribution is -2.63. The molecule has 0 saturated carbocycles. The van der Waals surface area contributed by atoms with Crippen molar-refractivity contribution in [3.8, 4) is 0 Å². The predicted molar refractivity (Wildman–Crippen MR) is 115 cm³/mol. The van der Waals surface area contributed by atoms with Crippen LogP contribution in [0.2, 0.25) is 0 Å². The molecule has 31 heavy (non-hydrogen) atoms. The zero-order valence-electron chi connectivity index (χ0n) is 16.7. The first-order valence-electron chi connectivity index (χ1n) is 9.64. The summed E-state index contributed by atoms with van der Waals surface area (Å²) in [6, 6.07) is 16.7. The van der Waals surface area contributed by atoms with Gasteiger partial charge in [-0.05, 0) is 30.5 Å². The van der Waals surface area contributed by atoms with Crippen LogP contribution in [0.4, 0.5) is 15.3 Å². The number of para-hydroxylation sites is 1. The fourth-order valence-electron chi connectivity index (χ4n) is 3.18. The summed E-state index contributed by atoms with van der Waals surface area (Å²) in [6.07, 6.45) is -0.501. The molecule has 0 spiro atoms. The van der Waals surface area contributed by atoms with Gasteiger partial charge in [-0.3, -0.25) is 20.2 Å². The molecule has 1 aliphatic rings. The van der Waals surface area contributed by atoms with Crippen molar-refractivity contribution in [3.05, 3.63) is 66.2 Å². The van der Waals surface area contributed by atoms with Crippen LogP contribution >= 0.6 is 7.95 Å². The van der Waals surface area contributed by atoms with Crippen LogP contribution in [-0.2, 0) is 20.7 Å². The molecule has 10 nitrogen and oxygen atoms in total. The number of nitrogens with two attached hydrogens (primary N) is 1. The third-order valence-corrected chi connectivity index (χ3v) is 6.57. The number of hydrogen-bond donors (Lipinski definition) is 4. The SMILES string of the molecule is NN1CCC[C@](NC(=O)OCc2ccccc2)([PH](=O)NC(=O)Nc2ccccc2)C1=O. The molecule has 2 atom stereocenters. The summed E-state index contributed by atoms with van der Waals surface area (Å²) in [5.41, 5.74) is 1.23. The lowest BCUT2D eigenvalue weighted by molar-refractivity contribution is -0.138. The van der Waals surface area contributed by atoms with E-state index in [2.05, 4.69) is 15.7 Å². The van der Waals surface area contributed by atoms with Gasteiger partial charge in [0.1, 0.15) is 6.61 Å². The van der Waals surface area contributed by atoms with Crippen molar-refractivity contribution in [2.45, 2.75) is 24.7 Å². The summed E-state index contributed by atoms with van der Waals surface area (Å²) in [7, 11) is -3.22. The van der Waals surface area contributed by atoms with Crippen molar-refractivity contribution in [2.24, 2.45) is 5.84 Å². The first kappa shape index (κ1) is 22.3. The van der Waals surface area contributed by atoms with Crippen molar-refractivity contribution in [1.29, 1.82) is 0 Å². The number of carbonyl (C=O) groups is 3. The molecule has 0 bridgehead atoms. The van der Waals surface area contributed by atoms with Gasteiger partial charge in [0.05, 0.1) is 0 Å². The number of hydrogen-bond acceptors (Lipinski definition) is 6. The van der Waals surface area contributed by atoms with E-state index in [9.17, 15) is 18.9 Å². The molecule has 0 aliphatic carbocycles. The Morgan fingerprint density at radius 1 is 1.10 bits per heavy atom. The highest BCUT2D eigenvalue weighted by molar-refractivity contribution is 7.46. The number of urea groups is 1. The van der Waals surface area contributed by atoms with Gasteiger partial charge in [0.15, 0.2) is 13.2 Å². The summed E-state index contributed by atoms with van der Waals surface area (Å²) in [6.45, 7) is 0.207. The van der Waals surface area contributed by atoms with E-state index in [1.54, 1.807) is 54.6 Å². The van der Waals surface area contributed by atoms with E-state index < -0.39 is 31.3 Å². The van der Waals surface area contributed by atoms with Crippen LogP contribution in [0.25, 0.3) is 0 Å². The number of nitrogens with zero attached hydrogens (tertiary/aromatic N) is 1. The Morgan fingerprint density at radius 2 is 1.74 bits per heavy atom. The Hall–Kier alpha value is -3.36. The molecule has 1 fully saturated rings. The van der Waals surface area contributed by atoms with Crippen molar-refractivity contribution in [3.63, 3.8) is 0 Å². The first-order chi connectivity index (χ1) is 14.9. The van der Waals surface area contributed by atoms with Gasteiger partial charge in [0, 0.05) is 12.2 Å².